The number of guanidine groups is 1. The van der Waals surface area contributed by atoms with Crippen molar-refractivity contribution < 1.29 is 4.79 Å². The van der Waals surface area contributed by atoms with Crippen molar-refractivity contribution in [2.75, 3.05) is 33.2 Å². The van der Waals surface area contributed by atoms with Crippen LogP contribution in [0.15, 0.2) is 29.3 Å². The molecule has 158 valence electrons. The summed E-state index contributed by atoms with van der Waals surface area (Å²) in [6.45, 7) is 7.57. The predicted molar refractivity (Wildman–Crippen MR) is 127 cm³/mol. The molecule has 1 amide bonds. The Balaban J connectivity index is 0.00000392. The van der Waals surface area contributed by atoms with E-state index in [0.717, 1.165) is 25.5 Å². The third-order valence-electron chi connectivity index (χ3n) is 4.78. The van der Waals surface area contributed by atoms with Crippen molar-refractivity contribution in [2.24, 2.45) is 4.99 Å². The van der Waals surface area contributed by atoms with Gasteiger partial charge in [-0.15, -0.1) is 24.0 Å². The Morgan fingerprint density at radius 1 is 1.00 bits per heavy atom. The zero-order valence-electron chi connectivity index (χ0n) is 17.3. The van der Waals surface area contributed by atoms with Crippen LogP contribution in [0.3, 0.4) is 0 Å². The highest BCUT2D eigenvalue weighted by Crippen LogP contribution is 2.13. The second kappa shape index (κ2) is 14.6. The van der Waals surface area contributed by atoms with E-state index < -0.39 is 0 Å². The van der Waals surface area contributed by atoms with Gasteiger partial charge in [0.2, 0.25) is 5.91 Å². The predicted octanol–water partition coefficient (Wildman–Crippen LogP) is 2.87. The van der Waals surface area contributed by atoms with Crippen LogP contribution in [0.4, 0.5) is 0 Å². The second-order valence-electron chi connectivity index (χ2n) is 7.11. The minimum absolute atomic E-state index is 0. The maximum absolute atomic E-state index is 11.6. The average Bonchev–Trinajstić information content (AvgIpc) is 2.71. The van der Waals surface area contributed by atoms with Gasteiger partial charge in [0.1, 0.15) is 0 Å². The van der Waals surface area contributed by atoms with Crippen LogP contribution in [-0.4, -0.2) is 50.0 Å². The van der Waals surface area contributed by atoms with E-state index in [0.29, 0.717) is 19.5 Å². The monoisotopic (exact) mass is 501 g/mol. The van der Waals surface area contributed by atoms with Crippen molar-refractivity contribution in [3.8, 4) is 0 Å². The normalized spacial score (nSPS) is 14.9. The zero-order valence-corrected chi connectivity index (χ0v) is 19.6. The molecule has 3 N–H and O–H groups in total. The molecule has 0 saturated carbocycles. The van der Waals surface area contributed by atoms with E-state index in [2.05, 4.69) is 50.1 Å². The van der Waals surface area contributed by atoms with E-state index in [1.54, 1.807) is 7.05 Å². The molecule has 1 heterocycles. The van der Waals surface area contributed by atoms with Crippen LogP contribution in [0.5, 0.6) is 0 Å². The quantitative estimate of drug-likeness (QED) is 0.277. The number of nitrogens with one attached hydrogen (secondary N) is 3. The molecular formula is C21H36IN5O. The summed E-state index contributed by atoms with van der Waals surface area (Å²) in [5.41, 5.74) is 2.60. The number of likely N-dealkylation sites (tertiary alicyclic amines) is 1. The third-order valence-corrected chi connectivity index (χ3v) is 4.78. The van der Waals surface area contributed by atoms with Crippen molar-refractivity contribution in [3.05, 3.63) is 35.4 Å². The number of benzene rings is 1. The minimum Gasteiger partial charge on any atom is -0.356 e. The second-order valence-corrected chi connectivity index (χ2v) is 7.11. The Morgan fingerprint density at radius 2 is 1.68 bits per heavy atom. The molecular weight excluding hydrogens is 465 g/mol. The average molecular weight is 501 g/mol. The topological polar surface area (TPSA) is 68.8 Å². The Morgan fingerprint density at radius 3 is 2.32 bits per heavy atom. The van der Waals surface area contributed by atoms with Gasteiger partial charge in [-0.25, -0.2) is 0 Å². The van der Waals surface area contributed by atoms with E-state index in [1.165, 1.54) is 43.5 Å². The Hall–Kier alpha value is -1.35. The highest BCUT2D eigenvalue weighted by molar-refractivity contribution is 14.0. The van der Waals surface area contributed by atoms with Gasteiger partial charge in [0.15, 0.2) is 5.96 Å². The summed E-state index contributed by atoms with van der Waals surface area (Å²) in [6, 6.07) is 8.80. The van der Waals surface area contributed by atoms with Gasteiger partial charge in [-0.3, -0.25) is 14.7 Å². The number of nitrogens with zero attached hydrogens (tertiary/aromatic N) is 2. The first-order chi connectivity index (χ1) is 13.2. The van der Waals surface area contributed by atoms with Crippen molar-refractivity contribution in [1.82, 2.24) is 20.9 Å². The van der Waals surface area contributed by atoms with Crippen LogP contribution in [0.25, 0.3) is 0 Å². The van der Waals surface area contributed by atoms with E-state index >= 15 is 0 Å². The van der Waals surface area contributed by atoms with E-state index in [1.807, 2.05) is 6.92 Å². The lowest BCUT2D eigenvalue weighted by Crippen LogP contribution is -2.39. The molecule has 0 atom stereocenters. The number of halogens is 1. The van der Waals surface area contributed by atoms with Crippen molar-refractivity contribution >= 4 is 35.8 Å². The lowest BCUT2D eigenvalue weighted by atomic mass is 10.1. The molecule has 7 heteroatoms. The van der Waals surface area contributed by atoms with Crippen LogP contribution in [-0.2, 0) is 17.9 Å². The number of amides is 1. The van der Waals surface area contributed by atoms with Gasteiger partial charge in [-0.05, 0) is 43.5 Å². The fraction of sp³-hybridized carbons (Fsp3) is 0.619. The van der Waals surface area contributed by atoms with Crippen LogP contribution in [0.2, 0.25) is 0 Å². The van der Waals surface area contributed by atoms with Crippen molar-refractivity contribution in [3.63, 3.8) is 0 Å². The van der Waals surface area contributed by atoms with Crippen LogP contribution >= 0.6 is 24.0 Å². The van der Waals surface area contributed by atoms with Gasteiger partial charge in [0.25, 0.3) is 0 Å². The highest BCUT2D eigenvalue weighted by Gasteiger charge is 2.10. The molecule has 0 bridgehead atoms. The number of carbonyl (C=O) groups excluding carboxylic acids is 1. The number of aliphatic imine (C=N–C) groups is 1. The Kier molecular flexibility index (Phi) is 12.9. The molecule has 1 fully saturated rings. The molecule has 1 aliphatic rings. The molecule has 1 saturated heterocycles. The van der Waals surface area contributed by atoms with Crippen LogP contribution in [0.1, 0.15) is 50.2 Å². The van der Waals surface area contributed by atoms with Crippen molar-refractivity contribution in [2.45, 2.75) is 52.1 Å². The van der Waals surface area contributed by atoms with Gasteiger partial charge >= 0.3 is 0 Å². The molecule has 6 nitrogen and oxygen atoms in total. The lowest BCUT2D eigenvalue weighted by Gasteiger charge is -2.26. The largest absolute Gasteiger partial charge is 0.356 e. The SMILES string of the molecule is CCCNC(=O)CCNC(=NC)NCc1ccc(CN2CCCCC2)cc1.I. The minimum atomic E-state index is 0. The smallest absolute Gasteiger partial charge is 0.221 e. The number of rotatable bonds is 9. The summed E-state index contributed by atoms with van der Waals surface area (Å²) in [5, 5.41) is 9.36. The van der Waals surface area contributed by atoms with Gasteiger partial charge in [0.05, 0.1) is 0 Å². The van der Waals surface area contributed by atoms with Gasteiger partial charge in [-0.2, -0.15) is 0 Å². The summed E-state index contributed by atoms with van der Waals surface area (Å²) in [4.78, 5) is 18.4. The molecule has 2 rings (SSSR count). The van der Waals surface area contributed by atoms with Crippen molar-refractivity contribution in [1.29, 1.82) is 0 Å². The first-order valence-electron chi connectivity index (χ1n) is 10.2. The molecule has 0 aromatic heterocycles. The Bertz CT molecular complexity index is 585. The summed E-state index contributed by atoms with van der Waals surface area (Å²) >= 11 is 0. The number of carbonyl (C=O) groups is 1. The molecule has 1 aromatic carbocycles. The van der Waals surface area contributed by atoms with Gasteiger partial charge in [0, 0.05) is 39.6 Å². The number of hydrogen-bond acceptors (Lipinski definition) is 3. The maximum Gasteiger partial charge on any atom is 0.221 e. The van der Waals surface area contributed by atoms with E-state index in [4.69, 9.17) is 0 Å². The molecule has 28 heavy (non-hydrogen) atoms. The fourth-order valence-corrected chi connectivity index (χ4v) is 3.19. The molecule has 0 unspecified atom stereocenters. The number of hydrogen-bond donors (Lipinski definition) is 3. The number of piperidine rings is 1. The molecule has 1 aromatic rings. The van der Waals surface area contributed by atoms with Crippen LogP contribution in [0, 0.1) is 0 Å². The molecule has 0 aliphatic carbocycles. The molecule has 1 aliphatic heterocycles. The summed E-state index contributed by atoms with van der Waals surface area (Å²) < 4.78 is 0. The lowest BCUT2D eigenvalue weighted by molar-refractivity contribution is -0.120. The van der Waals surface area contributed by atoms with E-state index in [-0.39, 0.29) is 29.9 Å². The highest BCUT2D eigenvalue weighted by atomic mass is 127. The third kappa shape index (κ3) is 9.73. The van der Waals surface area contributed by atoms with Gasteiger partial charge < -0.3 is 16.0 Å². The summed E-state index contributed by atoms with van der Waals surface area (Å²) in [6.07, 6.45) is 5.44. The Labute approximate surface area is 187 Å². The standard InChI is InChI=1S/C21H35N5O.HI/c1-3-12-23-20(27)11-13-24-21(22-2)25-16-18-7-9-19(10-8-18)17-26-14-5-4-6-15-26;/h7-10H,3-6,11-17H2,1-2H3,(H,23,27)(H2,22,24,25);1H. The van der Waals surface area contributed by atoms with Crippen LogP contribution < -0.4 is 16.0 Å². The molecule has 0 radical (unpaired) electrons. The summed E-state index contributed by atoms with van der Waals surface area (Å²) in [7, 11) is 1.74. The molecule has 0 spiro atoms. The first-order valence-corrected chi connectivity index (χ1v) is 10.2. The zero-order chi connectivity index (χ0) is 19.3. The maximum atomic E-state index is 11.6. The fourth-order valence-electron chi connectivity index (χ4n) is 3.19. The van der Waals surface area contributed by atoms with Gasteiger partial charge in [-0.1, -0.05) is 37.6 Å². The van der Waals surface area contributed by atoms with E-state index in [9.17, 15) is 4.79 Å². The first kappa shape index (κ1) is 24.7. The summed E-state index contributed by atoms with van der Waals surface area (Å²) in [5.74, 6) is 0.791.